The minimum Gasteiger partial charge on any atom is -0.494 e. The average Bonchev–Trinajstić information content (AvgIpc) is 2.51. The number of sulfone groups is 1. The van der Waals surface area contributed by atoms with Gasteiger partial charge in [-0.25, -0.2) is 13.2 Å². The van der Waals surface area contributed by atoms with Crippen molar-refractivity contribution in [1.82, 2.24) is 5.32 Å². The van der Waals surface area contributed by atoms with Gasteiger partial charge >= 0.3 is 5.97 Å². The number of carbonyl (C=O) groups is 2. The zero-order valence-electron chi connectivity index (χ0n) is 14.4. The zero-order valence-corrected chi connectivity index (χ0v) is 15.3. The molecule has 0 radical (unpaired) electrons. The van der Waals surface area contributed by atoms with E-state index in [1.807, 2.05) is 0 Å². The Hall–Kier alpha value is -2.13. The fourth-order valence-corrected chi connectivity index (χ4v) is 2.65. The van der Waals surface area contributed by atoms with Crippen molar-refractivity contribution in [3.05, 3.63) is 24.3 Å². The number of aliphatic carboxylic acids is 1. The number of hydrogen-bond acceptors (Lipinski definition) is 6. The van der Waals surface area contributed by atoms with Crippen LogP contribution >= 0.6 is 0 Å². The van der Waals surface area contributed by atoms with Crippen LogP contribution in [0.25, 0.3) is 0 Å². The first-order chi connectivity index (χ1) is 11.6. The highest BCUT2D eigenvalue weighted by molar-refractivity contribution is 7.90. The average molecular weight is 373 g/mol. The third-order valence-corrected chi connectivity index (χ3v) is 4.52. The summed E-state index contributed by atoms with van der Waals surface area (Å²) in [6.45, 7) is 1.47. The number of benzene rings is 1. The van der Waals surface area contributed by atoms with Crippen molar-refractivity contribution in [3.8, 4) is 5.75 Å². The van der Waals surface area contributed by atoms with Crippen LogP contribution in [0.2, 0.25) is 0 Å². The molecule has 1 atom stereocenters. The molecule has 1 aromatic rings. The summed E-state index contributed by atoms with van der Waals surface area (Å²) in [5, 5.41) is 11.6. The fourth-order valence-electron chi connectivity index (χ4n) is 2.02. The van der Waals surface area contributed by atoms with Crippen LogP contribution in [0.3, 0.4) is 0 Å². The van der Waals surface area contributed by atoms with Crippen molar-refractivity contribution in [3.63, 3.8) is 0 Å². The van der Waals surface area contributed by atoms with E-state index in [0.29, 0.717) is 12.2 Å². The summed E-state index contributed by atoms with van der Waals surface area (Å²) in [6.07, 6.45) is 1.59. The Morgan fingerprint density at radius 2 is 1.84 bits per heavy atom. The summed E-state index contributed by atoms with van der Waals surface area (Å²) < 4.78 is 33.0. The Balaban J connectivity index is 2.42. The number of rotatable bonds is 10. The summed E-state index contributed by atoms with van der Waals surface area (Å²) in [4.78, 5) is 23.2. The maximum Gasteiger partial charge on any atom is 0.331 e. The van der Waals surface area contributed by atoms with E-state index in [1.54, 1.807) is 0 Å². The highest BCUT2D eigenvalue weighted by Gasteiger charge is 2.34. The standard InChI is InChI=1S/C16H23NO7S/c1-16(11-23-2,15(19)20)17-14(18)5-4-10-24-12-6-8-13(9-7-12)25(3,21)22/h6-9H,4-5,10-11H2,1-3H3,(H,17,18)(H,19,20). The molecule has 1 amide bonds. The van der Waals surface area contributed by atoms with Gasteiger partial charge in [-0.05, 0) is 37.6 Å². The summed E-state index contributed by atoms with van der Waals surface area (Å²) in [5.41, 5.74) is -1.48. The highest BCUT2D eigenvalue weighted by atomic mass is 32.2. The lowest BCUT2D eigenvalue weighted by Crippen LogP contribution is -2.55. The van der Waals surface area contributed by atoms with E-state index < -0.39 is 27.3 Å². The van der Waals surface area contributed by atoms with E-state index in [1.165, 1.54) is 38.3 Å². The Morgan fingerprint density at radius 3 is 2.32 bits per heavy atom. The third-order valence-electron chi connectivity index (χ3n) is 3.39. The number of ether oxygens (including phenoxy) is 2. The largest absolute Gasteiger partial charge is 0.494 e. The molecule has 1 unspecified atom stereocenters. The van der Waals surface area contributed by atoms with Gasteiger partial charge in [0.2, 0.25) is 5.91 Å². The molecule has 0 aliphatic heterocycles. The van der Waals surface area contributed by atoms with Crippen molar-refractivity contribution < 1.29 is 32.6 Å². The van der Waals surface area contributed by atoms with Crippen LogP contribution in [0.1, 0.15) is 19.8 Å². The van der Waals surface area contributed by atoms with Gasteiger partial charge in [-0.2, -0.15) is 0 Å². The molecule has 0 saturated heterocycles. The Morgan fingerprint density at radius 1 is 1.24 bits per heavy atom. The lowest BCUT2D eigenvalue weighted by atomic mass is 10.0. The number of carbonyl (C=O) groups excluding carboxylic acids is 1. The van der Waals surface area contributed by atoms with Crippen LogP contribution in [-0.2, 0) is 24.2 Å². The first-order valence-electron chi connectivity index (χ1n) is 7.55. The minimum atomic E-state index is -3.25. The monoisotopic (exact) mass is 373 g/mol. The number of nitrogens with one attached hydrogen (secondary N) is 1. The van der Waals surface area contributed by atoms with Crippen molar-refractivity contribution in [1.29, 1.82) is 0 Å². The van der Waals surface area contributed by atoms with Crippen molar-refractivity contribution in [2.24, 2.45) is 0 Å². The minimum absolute atomic E-state index is 0.0913. The van der Waals surface area contributed by atoms with Gasteiger partial charge in [-0.1, -0.05) is 0 Å². The molecule has 8 nitrogen and oxygen atoms in total. The Bertz CT molecular complexity index is 700. The molecule has 0 aliphatic carbocycles. The quantitative estimate of drug-likeness (QED) is 0.584. The van der Waals surface area contributed by atoms with Gasteiger partial charge in [0.05, 0.1) is 18.1 Å². The molecule has 0 spiro atoms. The number of carboxylic acids is 1. The van der Waals surface area contributed by atoms with E-state index in [0.717, 1.165) is 6.26 Å². The van der Waals surface area contributed by atoms with Crippen molar-refractivity contribution >= 4 is 21.7 Å². The summed E-state index contributed by atoms with van der Waals surface area (Å²) in [7, 11) is -1.89. The van der Waals surface area contributed by atoms with Gasteiger partial charge in [0, 0.05) is 19.8 Å². The predicted octanol–water partition coefficient (Wildman–Crippen LogP) is 0.855. The molecule has 1 rings (SSSR count). The molecule has 0 heterocycles. The fraction of sp³-hybridized carbons (Fsp3) is 0.500. The number of amides is 1. The van der Waals surface area contributed by atoms with Crippen molar-refractivity contribution in [2.45, 2.75) is 30.2 Å². The van der Waals surface area contributed by atoms with E-state index in [9.17, 15) is 18.0 Å². The van der Waals surface area contributed by atoms with Gasteiger partial charge in [0.1, 0.15) is 5.75 Å². The maximum atomic E-state index is 11.9. The molecule has 1 aromatic carbocycles. The Kier molecular flexibility index (Phi) is 7.38. The topological polar surface area (TPSA) is 119 Å². The molecule has 0 aliphatic rings. The molecule has 2 N–H and O–H groups in total. The summed E-state index contributed by atoms with van der Waals surface area (Å²) in [5.74, 6) is -1.11. The van der Waals surface area contributed by atoms with Gasteiger partial charge in [0.15, 0.2) is 15.4 Å². The normalized spacial score (nSPS) is 13.7. The SMILES string of the molecule is COCC(C)(NC(=O)CCCOc1ccc(S(C)(=O)=O)cc1)C(=O)O. The van der Waals surface area contributed by atoms with Gasteiger partial charge in [0.25, 0.3) is 0 Å². The smallest absolute Gasteiger partial charge is 0.331 e. The second-order valence-electron chi connectivity index (χ2n) is 5.81. The zero-order chi connectivity index (χ0) is 19.1. The van der Waals surface area contributed by atoms with Crippen molar-refractivity contribution in [2.75, 3.05) is 26.6 Å². The number of carboxylic acid groups (broad SMARTS) is 1. The van der Waals surface area contributed by atoms with Crippen LogP contribution < -0.4 is 10.1 Å². The van der Waals surface area contributed by atoms with Crippen LogP contribution in [0.4, 0.5) is 0 Å². The second kappa shape index (κ2) is 8.82. The molecular formula is C16H23NO7S. The van der Waals surface area contributed by atoms with Crippen LogP contribution in [-0.4, -0.2) is 57.5 Å². The maximum absolute atomic E-state index is 11.9. The van der Waals surface area contributed by atoms with Gasteiger partial charge in [-0.15, -0.1) is 0 Å². The van der Waals surface area contributed by atoms with E-state index in [4.69, 9.17) is 14.6 Å². The lowest BCUT2D eigenvalue weighted by Gasteiger charge is -2.25. The molecule has 9 heteroatoms. The van der Waals surface area contributed by atoms with Crippen LogP contribution in [0, 0.1) is 0 Å². The summed E-state index contributed by atoms with van der Waals surface area (Å²) in [6, 6.07) is 5.97. The first kappa shape index (κ1) is 20.9. The molecule has 0 fully saturated rings. The Labute approximate surface area is 147 Å². The molecule has 25 heavy (non-hydrogen) atoms. The molecular weight excluding hydrogens is 350 g/mol. The predicted molar refractivity (Wildman–Crippen MR) is 90.3 cm³/mol. The first-order valence-corrected chi connectivity index (χ1v) is 9.44. The molecule has 0 aromatic heterocycles. The number of methoxy groups -OCH3 is 1. The van der Waals surface area contributed by atoms with Crippen LogP contribution in [0.15, 0.2) is 29.2 Å². The molecule has 0 bridgehead atoms. The van der Waals surface area contributed by atoms with Crippen LogP contribution in [0.5, 0.6) is 5.75 Å². The second-order valence-corrected chi connectivity index (χ2v) is 7.83. The van der Waals surface area contributed by atoms with E-state index >= 15 is 0 Å². The third kappa shape index (κ3) is 6.71. The molecule has 0 saturated carbocycles. The van der Waals surface area contributed by atoms with Gasteiger partial charge < -0.3 is 19.9 Å². The van der Waals surface area contributed by atoms with E-state index in [-0.39, 0.29) is 24.5 Å². The van der Waals surface area contributed by atoms with E-state index in [2.05, 4.69) is 5.32 Å². The van der Waals surface area contributed by atoms with Gasteiger partial charge in [-0.3, -0.25) is 4.79 Å². The molecule has 140 valence electrons. The lowest BCUT2D eigenvalue weighted by molar-refractivity contribution is -0.149. The number of hydrogen-bond donors (Lipinski definition) is 2. The highest BCUT2D eigenvalue weighted by Crippen LogP contribution is 2.16. The summed E-state index contributed by atoms with van der Waals surface area (Å²) >= 11 is 0.